The van der Waals surface area contributed by atoms with E-state index in [2.05, 4.69) is 41.5 Å². The van der Waals surface area contributed by atoms with Crippen LogP contribution in [0, 0.1) is 22.7 Å². The molecule has 0 bridgehead atoms. The van der Waals surface area contributed by atoms with E-state index in [-0.39, 0.29) is 0 Å². The van der Waals surface area contributed by atoms with Gasteiger partial charge in [-0.3, -0.25) is 0 Å². The molecule has 1 aliphatic carbocycles. The van der Waals surface area contributed by atoms with Crippen molar-refractivity contribution >= 4 is 0 Å². The van der Waals surface area contributed by atoms with Crippen LogP contribution in [0.3, 0.4) is 0 Å². The molecular formula is C14H28. The van der Waals surface area contributed by atoms with Crippen molar-refractivity contribution in [3.63, 3.8) is 0 Å². The fourth-order valence-corrected chi connectivity index (χ4v) is 2.32. The van der Waals surface area contributed by atoms with E-state index < -0.39 is 0 Å². The minimum absolute atomic E-state index is 0.535. The van der Waals surface area contributed by atoms with Gasteiger partial charge in [-0.25, -0.2) is 0 Å². The van der Waals surface area contributed by atoms with E-state index in [1.165, 1.54) is 25.7 Å². The molecule has 0 radical (unpaired) electrons. The normalized spacial score (nSPS) is 28.7. The van der Waals surface area contributed by atoms with Gasteiger partial charge < -0.3 is 0 Å². The van der Waals surface area contributed by atoms with E-state index in [9.17, 15) is 0 Å². The highest BCUT2D eigenvalue weighted by atomic mass is 14.4. The quantitative estimate of drug-likeness (QED) is 0.590. The molecular weight excluding hydrogens is 168 g/mol. The highest BCUT2D eigenvalue weighted by molar-refractivity contribution is 4.87. The highest BCUT2D eigenvalue weighted by Gasteiger charge is 2.36. The third kappa shape index (κ3) is 3.63. The van der Waals surface area contributed by atoms with Gasteiger partial charge in [0.05, 0.1) is 0 Å². The lowest BCUT2D eigenvalue weighted by molar-refractivity contribution is 0.0640. The lowest BCUT2D eigenvalue weighted by Gasteiger charge is -2.44. The van der Waals surface area contributed by atoms with Crippen LogP contribution in [0.5, 0.6) is 0 Å². The number of rotatable bonds is 2. The largest absolute Gasteiger partial charge is 0.0602 e. The summed E-state index contributed by atoms with van der Waals surface area (Å²) < 4.78 is 0. The zero-order valence-corrected chi connectivity index (χ0v) is 11.0. The minimum Gasteiger partial charge on any atom is -0.0602 e. The summed E-state index contributed by atoms with van der Waals surface area (Å²) in [6, 6.07) is 0. The van der Waals surface area contributed by atoms with Crippen LogP contribution in [0.25, 0.3) is 0 Å². The molecule has 0 heteroatoms. The second-order valence-electron chi connectivity index (χ2n) is 7.50. The van der Waals surface area contributed by atoms with E-state index in [0.29, 0.717) is 10.8 Å². The van der Waals surface area contributed by atoms with Crippen LogP contribution in [-0.4, -0.2) is 0 Å². The number of hydrogen-bond acceptors (Lipinski definition) is 0. The standard InChI is InChI=1S/C14H28/c1-13(2,3)8-7-11-9-12(10-11)14(4,5)6/h11-12H,7-10H2,1-6H3. The molecule has 1 rings (SSSR count). The van der Waals surface area contributed by atoms with Crippen LogP contribution in [0.15, 0.2) is 0 Å². The van der Waals surface area contributed by atoms with Crippen molar-refractivity contribution in [2.24, 2.45) is 22.7 Å². The Balaban J connectivity index is 2.17. The first-order valence-corrected chi connectivity index (χ1v) is 6.18. The van der Waals surface area contributed by atoms with Gasteiger partial charge in [-0.2, -0.15) is 0 Å². The summed E-state index contributed by atoms with van der Waals surface area (Å²) in [4.78, 5) is 0. The SMILES string of the molecule is CC(C)(C)CCC1CC(C(C)(C)C)C1. The Kier molecular flexibility index (Phi) is 3.33. The summed E-state index contributed by atoms with van der Waals surface area (Å²) >= 11 is 0. The average Bonchev–Trinajstić information content (AvgIpc) is 1.76. The summed E-state index contributed by atoms with van der Waals surface area (Å²) in [5.74, 6) is 2.03. The van der Waals surface area contributed by atoms with Crippen LogP contribution in [0.2, 0.25) is 0 Å². The van der Waals surface area contributed by atoms with Crippen molar-refractivity contribution in [2.75, 3.05) is 0 Å². The maximum absolute atomic E-state index is 2.39. The van der Waals surface area contributed by atoms with Crippen LogP contribution >= 0.6 is 0 Å². The molecule has 0 N–H and O–H groups in total. The van der Waals surface area contributed by atoms with Gasteiger partial charge in [-0.1, -0.05) is 41.5 Å². The molecule has 0 nitrogen and oxygen atoms in total. The molecule has 0 atom stereocenters. The molecule has 84 valence electrons. The highest BCUT2D eigenvalue weighted by Crippen LogP contribution is 2.47. The molecule has 0 heterocycles. The average molecular weight is 196 g/mol. The zero-order valence-electron chi connectivity index (χ0n) is 11.0. The van der Waals surface area contributed by atoms with Crippen LogP contribution in [0.4, 0.5) is 0 Å². The molecule has 0 aromatic rings. The molecule has 0 spiro atoms. The smallest absolute Gasteiger partial charge is 0.0354 e. The first-order chi connectivity index (χ1) is 6.18. The molecule has 14 heavy (non-hydrogen) atoms. The van der Waals surface area contributed by atoms with Gasteiger partial charge in [-0.05, 0) is 48.3 Å². The van der Waals surface area contributed by atoms with Gasteiger partial charge in [0.1, 0.15) is 0 Å². The molecule has 0 aliphatic heterocycles. The monoisotopic (exact) mass is 196 g/mol. The third-order valence-corrected chi connectivity index (χ3v) is 3.76. The Morgan fingerprint density at radius 3 is 1.79 bits per heavy atom. The molecule has 0 unspecified atom stereocenters. The summed E-state index contributed by atoms with van der Waals surface area (Å²) in [6.45, 7) is 14.2. The minimum atomic E-state index is 0.535. The van der Waals surface area contributed by atoms with Crippen LogP contribution in [0.1, 0.15) is 67.2 Å². The zero-order chi connectivity index (χ0) is 11.0. The Morgan fingerprint density at radius 1 is 0.929 bits per heavy atom. The Morgan fingerprint density at radius 2 is 1.43 bits per heavy atom. The van der Waals surface area contributed by atoms with Crippen molar-refractivity contribution in [1.82, 2.24) is 0 Å². The van der Waals surface area contributed by atoms with Gasteiger partial charge in [0, 0.05) is 0 Å². The van der Waals surface area contributed by atoms with Crippen molar-refractivity contribution in [2.45, 2.75) is 67.2 Å². The molecule has 1 aliphatic rings. The maximum Gasteiger partial charge on any atom is -0.0354 e. The van der Waals surface area contributed by atoms with E-state index in [4.69, 9.17) is 0 Å². The van der Waals surface area contributed by atoms with Gasteiger partial charge in [0.2, 0.25) is 0 Å². The van der Waals surface area contributed by atoms with E-state index in [1.54, 1.807) is 0 Å². The van der Waals surface area contributed by atoms with Crippen LogP contribution in [-0.2, 0) is 0 Å². The summed E-state index contributed by atoms with van der Waals surface area (Å²) in [5, 5.41) is 0. The van der Waals surface area contributed by atoms with Crippen molar-refractivity contribution in [1.29, 1.82) is 0 Å². The Hall–Kier alpha value is 0. The van der Waals surface area contributed by atoms with E-state index >= 15 is 0 Å². The van der Waals surface area contributed by atoms with Crippen molar-refractivity contribution in [3.8, 4) is 0 Å². The summed E-state index contributed by atoms with van der Waals surface area (Å²) in [6.07, 6.45) is 5.82. The van der Waals surface area contributed by atoms with Crippen molar-refractivity contribution < 1.29 is 0 Å². The molecule has 0 aromatic carbocycles. The van der Waals surface area contributed by atoms with Gasteiger partial charge in [0.15, 0.2) is 0 Å². The predicted molar refractivity (Wildman–Crippen MR) is 64.4 cm³/mol. The topological polar surface area (TPSA) is 0 Å². The molecule has 0 aromatic heterocycles. The van der Waals surface area contributed by atoms with E-state index in [1.807, 2.05) is 0 Å². The first kappa shape index (κ1) is 12.1. The van der Waals surface area contributed by atoms with Crippen LogP contribution < -0.4 is 0 Å². The Bertz CT molecular complexity index is 168. The van der Waals surface area contributed by atoms with E-state index in [0.717, 1.165) is 11.8 Å². The number of hydrogen-bond donors (Lipinski definition) is 0. The lowest BCUT2D eigenvalue weighted by Crippen LogP contribution is -2.34. The van der Waals surface area contributed by atoms with Crippen molar-refractivity contribution in [3.05, 3.63) is 0 Å². The van der Waals surface area contributed by atoms with Gasteiger partial charge in [-0.15, -0.1) is 0 Å². The molecule has 1 fully saturated rings. The summed E-state index contributed by atoms with van der Waals surface area (Å²) in [5.41, 5.74) is 1.09. The fourth-order valence-electron chi connectivity index (χ4n) is 2.32. The molecule has 1 saturated carbocycles. The third-order valence-electron chi connectivity index (χ3n) is 3.76. The first-order valence-electron chi connectivity index (χ1n) is 6.18. The molecule has 0 saturated heterocycles. The lowest BCUT2D eigenvalue weighted by atomic mass is 9.61. The summed E-state index contributed by atoms with van der Waals surface area (Å²) in [7, 11) is 0. The second kappa shape index (κ2) is 3.87. The Labute approximate surface area is 90.5 Å². The van der Waals surface area contributed by atoms with Gasteiger partial charge in [0.25, 0.3) is 0 Å². The molecule has 0 amide bonds. The maximum atomic E-state index is 2.39. The van der Waals surface area contributed by atoms with Gasteiger partial charge >= 0.3 is 0 Å². The second-order valence-corrected chi connectivity index (χ2v) is 7.50. The predicted octanol–water partition coefficient (Wildman–Crippen LogP) is 4.89. The fraction of sp³-hybridized carbons (Fsp3) is 1.00.